The Labute approximate surface area is 219 Å². The number of nitrogens with zero attached hydrogens (tertiary/aromatic N) is 1. The lowest BCUT2D eigenvalue weighted by Crippen LogP contribution is -2.29. The molecule has 0 bridgehead atoms. The molecule has 0 radical (unpaired) electrons. The summed E-state index contributed by atoms with van der Waals surface area (Å²) in [6.07, 6.45) is 0. The minimum Gasteiger partial charge on any atom is -0.507 e. The first-order chi connectivity index (χ1) is 17.0. The molecule has 4 rings (SSSR count). The van der Waals surface area contributed by atoms with Crippen LogP contribution in [0, 0.1) is 6.92 Å². The van der Waals surface area contributed by atoms with Crippen LogP contribution in [-0.4, -0.2) is 31.0 Å². The van der Waals surface area contributed by atoms with Crippen molar-refractivity contribution in [1.29, 1.82) is 0 Å². The Hall–Kier alpha value is -3.29. The highest BCUT2D eigenvalue weighted by molar-refractivity contribution is 7.10. The standard InChI is InChI=1S/C28H28ClNO5S/c1-15-11-12-36-26(15)23-22(24(31)16-7-9-20(34-5)18(13-16)28(2,3)4)25(32)27(33)30(23)17-8-10-21(35-6)19(29)14-17/h7-14,23,31H,1-6H3/b24-22-. The molecule has 1 fully saturated rings. The van der Waals surface area contributed by atoms with Crippen LogP contribution in [0.15, 0.2) is 53.4 Å². The number of anilines is 1. The number of aryl methyl sites for hydroxylation is 1. The number of hydrogen-bond donors (Lipinski definition) is 1. The molecule has 188 valence electrons. The van der Waals surface area contributed by atoms with Crippen LogP contribution in [0.2, 0.25) is 5.02 Å². The Balaban J connectivity index is 1.95. The van der Waals surface area contributed by atoms with Gasteiger partial charge in [0, 0.05) is 21.7 Å². The zero-order valence-corrected chi connectivity index (χ0v) is 22.6. The lowest BCUT2D eigenvalue weighted by Gasteiger charge is -2.26. The van der Waals surface area contributed by atoms with E-state index in [0.29, 0.717) is 27.8 Å². The summed E-state index contributed by atoms with van der Waals surface area (Å²) < 4.78 is 10.8. The maximum Gasteiger partial charge on any atom is 0.300 e. The van der Waals surface area contributed by atoms with Crippen molar-refractivity contribution in [3.8, 4) is 11.5 Å². The molecule has 2 heterocycles. The van der Waals surface area contributed by atoms with Crippen LogP contribution in [0.1, 0.15) is 48.4 Å². The van der Waals surface area contributed by atoms with Gasteiger partial charge in [0.1, 0.15) is 23.3 Å². The van der Waals surface area contributed by atoms with Crippen molar-refractivity contribution in [1.82, 2.24) is 0 Å². The molecule has 1 unspecified atom stereocenters. The Morgan fingerprint density at radius 2 is 1.69 bits per heavy atom. The Bertz CT molecular complexity index is 1380. The number of halogens is 1. The summed E-state index contributed by atoms with van der Waals surface area (Å²) in [5, 5.41) is 13.7. The molecule has 2 aromatic carbocycles. The topological polar surface area (TPSA) is 76.1 Å². The van der Waals surface area contributed by atoms with Crippen molar-refractivity contribution in [3.63, 3.8) is 0 Å². The van der Waals surface area contributed by atoms with Crippen LogP contribution in [0.5, 0.6) is 11.5 Å². The zero-order chi connectivity index (χ0) is 26.4. The van der Waals surface area contributed by atoms with Crippen molar-refractivity contribution in [3.05, 3.63) is 80.0 Å². The van der Waals surface area contributed by atoms with E-state index in [1.165, 1.54) is 23.3 Å². The molecule has 1 aromatic heterocycles. The second kappa shape index (κ2) is 9.64. The van der Waals surface area contributed by atoms with E-state index in [0.717, 1.165) is 16.0 Å². The van der Waals surface area contributed by atoms with Crippen molar-refractivity contribution in [2.24, 2.45) is 0 Å². The molecular weight excluding hydrogens is 498 g/mol. The lowest BCUT2D eigenvalue weighted by molar-refractivity contribution is -0.132. The molecule has 1 aliphatic rings. The monoisotopic (exact) mass is 525 g/mol. The van der Waals surface area contributed by atoms with E-state index in [-0.39, 0.29) is 16.7 Å². The number of hydrogen-bond acceptors (Lipinski definition) is 6. The number of Topliss-reactive ketones (excluding diaryl/α,β-unsaturated/α-hetero) is 1. The second-order valence-corrected chi connectivity index (χ2v) is 11.0. The summed E-state index contributed by atoms with van der Waals surface area (Å²) in [4.78, 5) is 29.0. The van der Waals surface area contributed by atoms with Crippen molar-refractivity contribution in [2.75, 3.05) is 19.1 Å². The van der Waals surface area contributed by atoms with Gasteiger partial charge in [-0.2, -0.15) is 0 Å². The van der Waals surface area contributed by atoms with Crippen LogP contribution in [0.25, 0.3) is 5.76 Å². The maximum atomic E-state index is 13.4. The highest BCUT2D eigenvalue weighted by atomic mass is 35.5. The van der Waals surface area contributed by atoms with Crippen molar-refractivity contribution >= 4 is 46.1 Å². The molecule has 1 atom stereocenters. The number of carbonyl (C=O) groups is 2. The summed E-state index contributed by atoms with van der Waals surface area (Å²) in [5.41, 5.74) is 2.40. The molecule has 0 saturated carbocycles. The van der Waals surface area contributed by atoms with Gasteiger partial charge >= 0.3 is 0 Å². The first-order valence-corrected chi connectivity index (χ1v) is 12.6. The molecule has 6 nitrogen and oxygen atoms in total. The van der Waals surface area contributed by atoms with Crippen molar-refractivity contribution < 1.29 is 24.2 Å². The van der Waals surface area contributed by atoms with Gasteiger partial charge in [-0.15, -0.1) is 11.3 Å². The molecule has 1 amide bonds. The van der Waals surface area contributed by atoms with Gasteiger partial charge in [-0.05, 0) is 65.7 Å². The molecule has 0 aliphatic carbocycles. The van der Waals surface area contributed by atoms with E-state index < -0.39 is 17.7 Å². The summed E-state index contributed by atoms with van der Waals surface area (Å²) in [5.74, 6) is -0.598. The number of rotatable bonds is 5. The summed E-state index contributed by atoms with van der Waals surface area (Å²) in [6.45, 7) is 8.03. The molecule has 1 N–H and O–H groups in total. The van der Waals surface area contributed by atoms with Gasteiger partial charge in [-0.3, -0.25) is 14.5 Å². The fraction of sp³-hybridized carbons (Fsp3) is 0.286. The van der Waals surface area contributed by atoms with E-state index in [4.69, 9.17) is 21.1 Å². The number of benzene rings is 2. The van der Waals surface area contributed by atoms with E-state index >= 15 is 0 Å². The first kappa shape index (κ1) is 25.8. The average Bonchev–Trinajstić information content (AvgIpc) is 3.37. The normalized spacial score (nSPS) is 17.5. The van der Waals surface area contributed by atoms with Gasteiger partial charge in [-0.1, -0.05) is 32.4 Å². The molecule has 8 heteroatoms. The third kappa shape index (κ3) is 4.38. The molecule has 36 heavy (non-hydrogen) atoms. The van der Waals surface area contributed by atoms with E-state index in [1.807, 2.05) is 45.2 Å². The third-order valence-electron chi connectivity index (χ3n) is 6.29. The largest absolute Gasteiger partial charge is 0.507 e. The van der Waals surface area contributed by atoms with E-state index in [1.54, 1.807) is 37.4 Å². The number of methoxy groups -OCH3 is 2. The van der Waals surface area contributed by atoms with Gasteiger partial charge in [0.05, 0.1) is 24.8 Å². The van der Waals surface area contributed by atoms with Gasteiger partial charge in [0.15, 0.2) is 0 Å². The molecule has 3 aromatic rings. The van der Waals surface area contributed by atoms with Crippen LogP contribution in [0.4, 0.5) is 5.69 Å². The Morgan fingerprint density at radius 1 is 1.03 bits per heavy atom. The number of aliphatic hydroxyl groups is 1. The van der Waals surface area contributed by atoms with Gasteiger partial charge in [0.25, 0.3) is 11.7 Å². The zero-order valence-electron chi connectivity index (χ0n) is 21.0. The minimum atomic E-state index is -0.811. The third-order valence-corrected chi connectivity index (χ3v) is 7.66. The number of thiophene rings is 1. The fourth-order valence-electron chi connectivity index (χ4n) is 4.41. The fourth-order valence-corrected chi connectivity index (χ4v) is 5.69. The molecule has 1 aliphatic heterocycles. The molecule has 0 spiro atoms. The average molecular weight is 526 g/mol. The second-order valence-electron chi connectivity index (χ2n) is 9.62. The highest BCUT2D eigenvalue weighted by Crippen LogP contribution is 2.46. The van der Waals surface area contributed by atoms with Crippen LogP contribution in [0.3, 0.4) is 0 Å². The van der Waals surface area contributed by atoms with Gasteiger partial charge in [0.2, 0.25) is 0 Å². The van der Waals surface area contributed by atoms with Gasteiger partial charge in [-0.25, -0.2) is 0 Å². The maximum absolute atomic E-state index is 13.4. The predicted molar refractivity (Wildman–Crippen MR) is 144 cm³/mol. The van der Waals surface area contributed by atoms with Crippen LogP contribution in [-0.2, 0) is 15.0 Å². The first-order valence-electron chi connectivity index (χ1n) is 11.4. The number of aliphatic hydroxyl groups excluding tert-OH is 1. The molecular formula is C28H28ClNO5S. The van der Waals surface area contributed by atoms with Gasteiger partial charge < -0.3 is 14.6 Å². The smallest absolute Gasteiger partial charge is 0.300 e. The summed E-state index contributed by atoms with van der Waals surface area (Å²) in [7, 11) is 3.10. The quantitative estimate of drug-likeness (QED) is 0.229. The van der Waals surface area contributed by atoms with Crippen LogP contribution >= 0.6 is 22.9 Å². The minimum absolute atomic E-state index is 0.0301. The Kier molecular flexibility index (Phi) is 6.90. The number of amides is 1. The predicted octanol–water partition coefficient (Wildman–Crippen LogP) is 6.65. The number of ether oxygens (including phenoxy) is 2. The number of ketones is 1. The SMILES string of the molecule is COc1ccc(N2C(=O)C(=O)/C(=C(\O)c3ccc(OC)c(C(C)(C)C)c3)C2c2sccc2C)cc1Cl. The van der Waals surface area contributed by atoms with E-state index in [2.05, 4.69) is 0 Å². The highest BCUT2D eigenvalue weighted by Gasteiger charge is 2.48. The van der Waals surface area contributed by atoms with E-state index in [9.17, 15) is 14.7 Å². The van der Waals surface area contributed by atoms with Crippen LogP contribution < -0.4 is 14.4 Å². The summed E-state index contributed by atoms with van der Waals surface area (Å²) >= 11 is 7.78. The lowest BCUT2D eigenvalue weighted by atomic mass is 9.84. The molecule has 1 saturated heterocycles. The van der Waals surface area contributed by atoms with Crippen molar-refractivity contribution in [2.45, 2.75) is 39.2 Å². The summed E-state index contributed by atoms with van der Waals surface area (Å²) in [6, 6.07) is 11.3. The Morgan fingerprint density at radius 3 is 2.25 bits per heavy atom. The number of carbonyl (C=O) groups excluding carboxylic acids is 2.